The molecule has 0 unspecified atom stereocenters. The Hall–Kier alpha value is -2.69. The number of ether oxygens (including phenoxy) is 3. The summed E-state index contributed by atoms with van der Waals surface area (Å²) in [6, 6.07) is 13.6. The molecule has 2 aromatic rings. The van der Waals surface area contributed by atoms with Crippen LogP contribution in [0.5, 0.6) is 17.2 Å². The number of nitrogens with one attached hydrogen (secondary N) is 1. The Balaban J connectivity index is 1.40. The number of fused-ring (bicyclic) bond motifs is 2. The zero-order chi connectivity index (χ0) is 18.1. The normalized spacial score (nSPS) is 19.5. The molecule has 136 valence electrons. The monoisotopic (exact) mass is 353 g/mol. The van der Waals surface area contributed by atoms with Gasteiger partial charge in [-0.2, -0.15) is 0 Å². The summed E-state index contributed by atoms with van der Waals surface area (Å²) in [6.07, 6.45) is 1.59. The maximum Gasteiger partial charge on any atom is 0.258 e. The van der Waals surface area contributed by atoms with Gasteiger partial charge >= 0.3 is 0 Å². The number of para-hydroxylation sites is 2. The van der Waals surface area contributed by atoms with Crippen molar-refractivity contribution in [2.75, 3.05) is 13.2 Å². The molecule has 0 saturated carbocycles. The smallest absolute Gasteiger partial charge is 0.258 e. The zero-order valence-corrected chi connectivity index (χ0v) is 15.1. The summed E-state index contributed by atoms with van der Waals surface area (Å²) >= 11 is 0. The van der Waals surface area contributed by atoms with Crippen molar-refractivity contribution in [2.24, 2.45) is 0 Å². The van der Waals surface area contributed by atoms with E-state index in [0.29, 0.717) is 12.4 Å². The number of rotatable bonds is 4. The molecular weight excluding hydrogens is 330 g/mol. The third-order valence-electron chi connectivity index (χ3n) is 4.71. The van der Waals surface area contributed by atoms with E-state index in [2.05, 4.69) is 5.32 Å². The fraction of sp³-hybridized carbons (Fsp3) is 0.381. The van der Waals surface area contributed by atoms with Gasteiger partial charge in [-0.1, -0.05) is 30.3 Å². The molecule has 2 aromatic carbocycles. The molecule has 2 aliphatic rings. The lowest BCUT2D eigenvalue weighted by atomic mass is 10.0. The van der Waals surface area contributed by atoms with E-state index in [4.69, 9.17) is 14.2 Å². The minimum atomic E-state index is -0.240. The van der Waals surface area contributed by atoms with E-state index in [9.17, 15) is 4.79 Å². The van der Waals surface area contributed by atoms with E-state index in [1.54, 1.807) is 0 Å². The molecule has 5 heteroatoms. The number of amides is 1. The number of hydrogen-bond donors (Lipinski definition) is 1. The highest BCUT2D eigenvalue weighted by molar-refractivity contribution is 5.78. The molecule has 2 heterocycles. The van der Waals surface area contributed by atoms with Gasteiger partial charge in [0.1, 0.15) is 11.4 Å². The summed E-state index contributed by atoms with van der Waals surface area (Å²) < 4.78 is 17.4. The van der Waals surface area contributed by atoms with Crippen LogP contribution in [0.15, 0.2) is 42.5 Å². The maximum absolute atomic E-state index is 12.4. The SMILES string of the molecule is CC1(C)Cc2cccc(OCC(=O)N[C@@H]3CCOc4ccccc43)c2O1. The first-order valence-corrected chi connectivity index (χ1v) is 8.97. The average Bonchev–Trinajstić information content (AvgIpc) is 2.94. The molecule has 0 fully saturated rings. The van der Waals surface area contributed by atoms with Crippen molar-refractivity contribution in [3.63, 3.8) is 0 Å². The third-order valence-corrected chi connectivity index (χ3v) is 4.71. The minimum Gasteiger partial charge on any atom is -0.493 e. The Labute approximate surface area is 153 Å². The van der Waals surface area contributed by atoms with Crippen molar-refractivity contribution < 1.29 is 19.0 Å². The largest absolute Gasteiger partial charge is 0.493 e. The fourth-order valence-electron chi connectivity index (χ4n) is 3.57. The molecule has 4 rings (SSSR count). The van der Waals surface area contributed by atoms with Crippen LogP contribution < -0.4 is 19.5 Å². The van der Waals surface area contributed by atoms with Crippen molar-refractivity contribution >= 4 is 5.91 Å². The molecule has 1 N–H and O–H groups in total. The van der Waals surface area contributed by atoms with Gasteiger partial charge in [-0.25, -0.2) is 0 Å². The Morgan fingerprint density at radius 3 is 2.96 bits per heavy atom. The molecule has 1 atom stereocenters. The first-order valence-electron chi connectivity index (χ1n) is 8.97. The van der Waals surface area contributed by atoms with E-state index < -0.39 is 0 Å². The summed E-state index contributed by atoms with van der Waals surface area (Å²) in [4.78, 5) is 12.4. The second-order valence-electron chi connectivity index (χ2n) is 7.37. The van der Waals surface area contributed by atoms with Crippen LogP contribution in [0.1, 0.15) is 37.4 Å². The van der Waals surface area contributed by atoms with Gasteiger partial charge < -0.3 is 19.5 Å². The van der Waals surface area contributed by atoms with Crippen LogP contribution in [0.25, 0.3) is 0 Å². The van der Waals surface area contributed by atoms with Crippen molar-refractivity contribution in [3.05, 3.63) is 53.6 Å². The van der Waals surface area contributed by atoms with E-state index in [0.717, 1.165) is 35.5 Å². The lowest BCUT2D eigenvalue weighted by Gasteiger charge is -2.26. The molecule has 1 amide bonds. The van der Waals surface area contributed by atoms with Crippen LogP contribution in [-0.4, -0.2) is 24.7 Å². The first kappa shape index (κ1) is 16.8. The molecule has 0 aromatic heterocycles. The number of carbonyl (C=O) groups is 1. The Bertz CT molecular complexity index is 831. The Kier molecular flexibility index (Phi) is 4.23. The molecule has 0 saturated heterocycles. The summed E-state index contributed by atoms with van der Waals surface area (Å²) in [7, 11) is 0. The molecule has 0 bridgehead atoms. The molecule has 0 spiro atoms. The quantitative estimate of drug-likeness (QED) is 0.915. The van der Waals surface area contributed by atoms with Gasteiger partial charge in [0.05, 0.1) is 12.6 Å². The van der Waals surface area contributed by atoms with Crippen LogP contribution in [-0.2, 0) is 11.2 Å². The van der Waals surface area contributed by atoms with Gasteiger partial charge in [0.2, 0.25) is 0 Å². The second kappa shape index (κ2) is 6.56. The number of hydrogen-bond acceptors (Lipinski definition) is 4. The number of benzene rings is 2. The predicted molar refractivity (Wildman–Crippen MR) is 97.8 cm³/mol. The van der Waals surface area contributed by atoms with Crippen molar-refractivity contribution in [1.82, 2.24) is 5.32 Å². The van der Waals surface area contributed by atoms with Crippen LogP contribution in [0, 0.1) is 0 Å². The molecule has 0 radical (unpaired) electrons. The third kappa shape index (κ3) is 3.34. The van der Waals surface area contributed by atoms with Crippen molar-refractivity contribution in [3.8, 4) is 17.2 Å². The highest BCUT2D eigenvalue weighted by atomic mass is 16.5. The topological polar surface area (TPSA) is 56.8 Å². The summed E-state index contributed by atoms with van der Waals surface area (Å²) in [5.74, 6) is 2.06. The number of carbonyl (C=O) groups excluding carboxylic acids is 1. The first-order chi connectivity index (χ1) is 12.5. The molecule has 26 heavy (non-hydrogen) atoms. The van der Waals surface area contributed by atoms with Gasteiger partial charge in [-0.3, -0.25) is 4.79 Å². The van der Waals surface area contributed by atoms with Crippen LogP contribution >= 0.6 is 0 Å². The van der Waals surface area contributed by atoms with Crippen LogP contribution in [0.3, 0.4) is 0 Å². The Morgan fingerprint density at radius 1 is 1.23 bits per heavy atom. The summed E-state index contributed by atoms with van der Waals surface area (Å²) in [6.45, 7) is 4.65. The molecule has 2 aliphatic heterocycles. The summed E-state index contributed by atoms with van der Waals surface area (Å²) in [5.41, 5.74) is 1.89. The van der Waals surface area contributed by atoms with Crippen LogP contribution in [0.4, 0.5) is 0 Å². The second-order valence-corrected chi connectivity index (χ2v) is 7.37. The van der Waals surface area contributed by atoms with E-state index in [1.807, 2.05) is 56.3 Å². The standard InChI is InChI=1S/C21H23NO4/c1-21(2)12-14-6-5-9-18(20(14)26-21)25-13-19(23)22-16-10-11-24-17-8-4-3-7-15(16)17/h3-9,16H,10-13H2,1-2H3,(H,22,23)/t16-/m1/s1. The Morgan fingerprint density at radius 2 is 2.08 bits per heavy atom. The van der Waals surface area contributed by atoms with E-state index in [1.165, 1.54) is 0 Å². The molecule has 0 aliphatic carbocycles. The van der Waals surface area contributed by atoms with Gasteiger partial charge in [-0.15, -0.1) is 0 Å². The van der Waals surface area contributed by atoms with Gasteiger partial charge in [0.25, 0.3) is 5.91 Å². The van der Waals surface area contributed by atoms with Gasteiger partial charge in [0.15, 0.2) is 18.1 Å². The molecule has 5 nitrogen and oxygen atoms in total. The highest BCUT2D eigenvalue weighted by Crippen LogP contribution is 2.41. The van der Waals surface area contributed by atoms with Crippen LogP contribution in [0.2, 0.25) is 0 Å². The fourth-order valence-corrected chi connectivity index (χ4v) is 3.57. The van der Waals surface area contributed by atoms with E-state index >= 15 is 0 Å². The van der Waals surface area contributed by atoms with Crippen molar-refractivity contribution in [2.45, 2.75) is 38.3 Å². The predicted octanol–water partition coefficient (Wildman–Crippen LogP) is 3.42. The lowest BCUT2D eigenvalue weighted by molar-refractivity contribution is -0.124. The average molecular weight is 353 g/mol. The maximum atomic E-state index is 12.4. The van der Waals surface area contributed by atoms with Crippen molar-refractivity contribution in [1.29, 1.82) is 0 Å². The summed E-state index contributed by atoms with van der Waals surface area (Å²) in [5, 5.41) is 3.04. The molecular formula is C21H23NO4. The highest BCUT2D eigenvalue weighted by Gasteiger charge is 2.32. The van der Waals surface area contributed by atoms with E-state index in [-0.39, 0.29) is 24.2 Å². The zero-order valence-electron chi connectivity index (χ0n) is 15.1. The lowest BCUT2D eigenvalue weighted by Crippen LogP contribution is -2.35. The van der Waals surface area contributed by atoms with Gasteiger partial charge in [0, 0.05) is 24.0 Å². The van der Waals surface area contributed by atoms with Gasteiger partial charge in [-0.05, 0) is 26.0 Å². The minimum absolute atomic E-state index is 0.0419.